The summed E-state index contributed by atoms with van der Waals surface area (Å²) in [6.45, 7) is 1.79. The van der Waals surface area contributed by atoms with Crippen LogP contribution in [-0.2, 0) is 17.1 Å². The minimum absolute atomic E-state index is 0.0572. The van der Waals surface area contributed by atoms with Crippen molar-refractivity contribution in [1.29, 1.82) is 0 Å². The number of piperidine rings is 1. The molecule has 3 fully saturated rings. The number of fused-ring (bicyclic) bond motifs is 2. The number of nitrogens with zero attached hydrogens (tertiary/aromatic N) is 3. The summed E-state index contributed by atoms with van der Waals surface area (Å²) in [6.07, 6.45) is -7.46. The van der Waals surface area contributed by atoms with E-state index < -0.39 is 23.6 Å². The number of alkyl halides is 6. The van der Waals surface area contributed by atoms with E-state index in [1.165, 1.54) is 12.1 Å². The second-order valence-corrected chi connectivity index (χ2v) is 9.23. The summed E-state index contributed by atoms with van der Waals surface area (Å²) >= 11 is 0. The summed E-state index contributed by atoms with van der Waals surface area (Å²) in [5.41, 5.74) is -1.88. The molecule has 2 aromatic rings. The molecule has 1 aliphatic carbocycles. The Morgan fingerprint density at radius 1 is 0.886 bits per heavy atom. The third kappa shape index (κ3) is 5.41. The SMILES string of the molecule is FC(F)(F)c1ccc(OC2C3COCC2CN(c2ccc(C(F)(F)F)nn2)C3)c(OCC2CC2)c1. The molecule has 35 heavy (non-hydrogen) atoms. The van der Waals surface area contributed by atoms with Crippen molar-refractivity contribution < 1.29 is 40.6 Å². The van der Waals surface area contributed by atoms with Crippen LogP contribution in [0.2, 0.25) is 0 Å². The fraction of sp³-hybridized carbons (Fsp3) is 0.565. The Morgan fingerprint density at radius 2 is 1.60 bits per heavy atom. The number of aromatic nitrogens is 2. The van der Waals surface area contributed by atoms with Gasteiger partial charge in [-0.2, -0.15) is 26.3 Å². The normalized spacial score (nSPS) is 24.9. The summed E-state index contributed by atoms with van der Waals surface area (Å²) < 4.78 is 95.8. The lowest BCUT2D eigenvalue weighted by atomic mass is 9.84. The van der Waals surface area contributed by atoms with Crippen LogP contribution in [0, 0.1) is 17.8 Å². The molecule has 2 bridgehead atoms. The van der Waals surface area contributed by atoms with Crippen LogP contribution in [0.5, 0.6) is 11.5 Å². The van der Waals surface area contributed by atoms with E-state index in [0.29, 0.717) is 44.6 Å². The van der Waals surface area contributed by atoms with Crippen molar-refractivity contribution >= 4 is 5.82 Å². The van der Waals surface area contributed by atoms with Crippen molar-refractivity contribution in [3.8, 4) is 11.5 Å². The van der Waals surface area contributed by atoms with Gasteiger partial charge in [0.05, 0.1) is 25.4 Å². The average molecular weight is 503 g/mol. The van der Waals surface area contributed by atoms with Crippen LogP contribution >= 0.6 is 0 Å². The van der Waals surface area contributed by atoms with E-state index in [1.54, 1.807) is 0 Å². The maximum atomic E-state index is 13.3. The monoisotopic (exact) mass is 503 g/mol. The van der Waals surface area contributed by atoms with Gasteiger partial charge in [0.2, 0.25) is 0 Å². The van der Waals surface area contributed by atoms with Crippen molar-refractivity contribution in [3.05, 3.63) is 41.6 Å². The second-order valence-electron chi connectivity index (χ2n) is 9.23. The topological polar surface area (TPSA) is 56.7 Å². The highest BCUT2D eigenvalue weighted by Crippen LogP contribution is 2.41. The van der Waals surface area contributed by atoms with E-state index in [1.807, 2.05) is 4.90 Å². The lowest BCUT2D eigenvalue weighted by Crippen LogP contribution is -2.57. The van der Waals surface area contributed by atoms with Gasteiger partial charge in [-0.05, 0) is 49.1 Å². The van der Waals surface area contributed by atoms with Gasteiger partial charge >= 0.3 is 12.4 Å². The van der Waals surface area contributed by atoms with E-state index >= 15 is 0 Å². The Labute approximate surface area is 197 Å². The van der Waals surface area contributed by atoms with Crippen LogP contribution in [-0.4, -0.2) is 49.2 Å². The summed E-state index contributed by atoms with van der Waals surface area (Å²) in [6, 6.07) is 5.40. The molecule has 2 unspecified atom stereocenters. The Morgan fingerprint density at radius 3 is 2.17 bits per heavy atom. The molecule has 3 aliphatic rings. The molecule has 0 amide bonds. The molecule has 190 valence electrons. The van der Waals surface area contributed by atoms with E-state index in [-0.39, 0.29) is 29.4 Å². The fourth-order valence-electron chi connectivity index (χ4n) is 4.46. The number of halogens is 6. The number of hydrogen-bond donors (Lipinski definition) is 0. The van der Waals surface area contributed by atoms with Crippen LogP contribution in [0.25, 0.3) is 0 Å². The quantitative estimate of drug-likeness (QED) is 0.527. The lowest BCUT2D eigenvalue weighted by Gasteiger charge is -2.46. The van der Waals surface area contributed by atoms with E-state index in [9.17, 15) is 26.3 Å². The number of benzene rings is 1. The van der Waals surface area contributed by atoms with Gasteiger partial charge < -0.3 is 19.1 Å². The number of hydrogen-bond acceptors (Lipinski definition) is 6. The molecule has 2 atom stereocenters. The Balaban J connectivity index is 1.33. The molecule has 0 N–H and O–H groups in total. The standard InChI is InChI=1S/C23H23F6N3O3/c24-22(25,26)16-3-4-17(18(7-16)34-10-13-1-2-13)35-21-14-8-32(9-15(21)12-33-11-14)20-6-5-19(30-31-20)23(27,28)29/h3-7,13-15,21H,1-2,8-12H2. The van der Waals surface area contributed by atoms with E-state index in [2.05, 4.69) is 10.2 Å². The van der Waals surface area contributed by atoms with E-state index in [4.69, 9.17) is 14.2 Å². The summed E-state index contributed by atoms with van der Waals surface area (Å²) in [7, 11) is 0. The first kappa shape index (κ1) is 24.0. The fourth-order valence-corrected chi connectivity index (χ4v) is 4.46. The van der Waals surface area contributed by atoms with Gasteiger partial charge in [0.25, 0.3) is 0 Å². The third-order valence-corrected chi connectivity index (χ3v) is 6.47. The largest absolute Gasteiger partial charge is 0.489 e. The Hall–Kier alpha value is -2.76. The minimum atomic E-state index is -4.57. The maximum Gasteiger partial charge on any atom is 0.435 e. The highest BCUT2D eigenvalue weighted by atomic mass is 19.4. The molecule has 0 radical (unpaired) electrons. The summed E-state index contributed by atoms with van der Waals surface area (Å²) in [4.78, 5) is 1.84. The zero-order valence-electron chi connectivity index (χ0n) is 18.5. The van der Waals surface area contributed by atoms with Gasteiger partial charge in [0.1, 0.15) is 6.10 Å². The van der Waals surface area contributed by atoms with Crippen LogP contribution in [0.1, 0.15) is 24.1 Å². The summed E-state index contributed by atoms with van der Waals surface area (Å²) in [5.74, 6) is 0.606. The molecular weight excluding hydrogens is 480 g/mol. The molecule has 1 aromatic heterocycles. The number of rotatable bonds is 6. The molecule has 1 saturated carbocycles. The van der Waals surface area contributed by atoms with Gasteiger partial charge in [-0.1, -0.05) is 0 Å². The van der Waals surface area contributed by atoms with Crippen LogP contribution in [0.3, 0.4) is 0 Å². The van der Waals surface area contributed by atoms with Gasteiger partial charge in [-0.25, -0.2) is 0 Å². The Bertz CT molecular complexity index is 1030. The van der Waals surface area contributed by atoms with Crippen molar-refractivity contribution in [1.82, 2.24) is 10.2 Å². The smallest absolute Gasteiger partial charge is 0.435 e. The molecule has 6 nitrogen and oxygen atoms in total. The molecule has 1 aromatic carbocycles. The molecule has 3 heterocycles. The predicted molar refractivity (Wildman–Crippen MR) is 111 cm³/mol. The minimum Gasteiger partial charge on any atom is -0.489 e. The highest BCUT2D eigenvalue weighted by Gasteiger charge is 2.43. The zero-order valence-corrected chi connectivity index (χ0v) is 18.5. The average Bonchev–Trinajstić information content (AvgIpc) is 3.61. The first-order valence-electron chi connectivity index (χ1n) is 11.3. The van der Waals surface area contributed by atoms with Crippen molar-refractivity contribution in [2.24, 2.45) is 17.8 Å². The molecular formula is C23H23F6N3O3. The summed E-state index contributed by atoms with van der Waals surface area (Å²) in [5, 5.41) is 7.04. The zero-order chi connectivity index (χ0) is 24.8. The first-order valence-corrected chi connectivity index (χ1v) is 11.3. The van der Waals surface area contributed by atoms with Crippen LogP contribution in [0.15, 0.2) is 30.3 Å². The van der Waals surface area contributed by atoms with Crippen molar-refractivity contribution in [2.45, 2.75) is 31.3 Å². The van der Waals surface area contributed by atoms with Gasteiger partial charge in [-0.15, -0.1) is 10.2 Å². The van der Waals surface area contributed by atoms with Crippen LogP contribution in [0.4, 0.5) is 32.2 Å². The van der Waals surface area contributed by atoms with Gasteiger partial charge in [0.15, 0.2) is 23.0 Å². The lowest BCUT2D eigenvalue weighted by molar-refractivity contribution is -0.141. The Kier molecular flexibility index (Phi) is 6.18. The van der Waals surface area contributed by atoms with Gasteiger partial charge in [0, 0.05) is 24.9 Å². The third-order valence-electron chi connectivity index (χ3n) is 6.47. The van der Waals surface area contributed by atoms with Crippen molar-refractivity contribution in [3.63, 3.8) is 0 Å². The highest BCUT2D eigenvalue weighted by molar-refractivity contribution is 5.45. The molecule has 5 rings (SSSR count). The first-order chi connectivity index (χ1) is 16.6. The molecule has 0 spiro atoms. The second kappa shape index (κ2) is 9.03. The number of anilines is 1. The molecule has 12 heteroatoms. The predicted octanol–water partition coefficient (Wildman–Crippen LogP) is 4.83. The molecule has 2 aliphatic heterocycles. The maximum absolute atomic E-state index is 13.3. The van der Waals surface area contributed by atoms with Gasteiger partial charge in [-0.3, -0.25) is 0 Å². The van der Waals surface area contributed by atoms with Crippen molar-refractivity contribution in [2.75, 3.05) is 37.8 Å². The molecule has 2 saturated heterocycles. The van der Waals surface area contributed by atoms with E-state index in [0.717, 1.165) is 31.0 Å². The van der Waals surface area contributed by atoms with Crippen LogP contribution < -0.4 is 14.4 Å². The number of ether oxygens (including phenoxy) is 3.